The Morgan fingerprint density at radius 3 is 0.991 bits per heavy atom. The lowest BCUT2D eigenvalue weighted by Crippen LogP contribution is -2.29. The van der Waals surface area contributed by atoms with Crippen molar-refractivity contribution in [2.75, 3.05) is 9.80 Å². The smallest absolute Gasteiger partial charge is 0.128 e. The van der Waals surface area contributed by atoms with Crippen molar-refractivity contribution in [3.63, 3.8) is 0 Å². The number of hydrogen-bond donors (Lipinski definition) is 0. The Kier molecular flexibility index (Phi) is 14.8. The van der Waals surface area contributed by atoms with Crippen LogP contribution in [0, 0.1) is 25.5 Å². The fraction of sp³-hybridized carbons (Fsp3) is 0.0800. The van der Waals surface area contributed by atoms with E-state index < -0.39 is 10.8 Å². The summed E-state index contributed by atoms with van der Waals surface area (Å²) in [5.41, 5.74) is 25.6. The number of fused-ring (bicyclic) bond motifs is 10. The molecule has 0 saturated carbocycles. The van der Waals surface area contributed by atoms with Gasteiger partial charge in [0, 0.05) is 34.1 Å². The average molecular weight is 1370 g/mol. The van der Waals surface area contributed by atoms with Crippen molar-refractivity contribution >= 4 is 55.7 Å². The van der Waals surface area contributed by atoms with Gasteiger partial charge in [-0.15, -0.1) is 0 Å². The van der Waals surface area contributed by atoms with Gasteiger partial charge in [0.25, 0.3) is 0 Å². The third-order valence-corrected chi connectivity index (χ3v) is 23.1. The van der Waals surface area contributed by atoms with Crippen LogP contribution in [0.1, 0.15) is 77.9 Å². The van der Waals surface area contributed by atoms with Gasteiger partial charge in [0.05, 0.1) is 10.8 Å². The molecule has 0 N–H and O–H groups in total. The summed E-state index contributed by atoms with van der Waals surface area (Å²) >= 11 is 0. The number of hydrogen-bond acceptors (Lipinski definition) is 4. The summed E-state index contributed by atoms with van der Waals surface area (Å²) in [7, 11) is 0. The van der Waals surface area contributed by atoms with E-state index >= 15 is 8.78 Å². The molecule has 20 rings (SSSR count). The number of halogens is 2. The first-order valence-corrected chi connectivity index (χ1v) is 36.7. The second-order valence-corrected chi connectivity index (χ2v) is 28.9. The molecule has 0 fully saturated rings. The number of anilines is 6. The lowest BCUT2D eigenvalue weighted by atomic mass is 9.67. The minimum absolute atomic E-state index is 0.284. The molecule has 0 radical (unpaired) electrons. The van der Waals surface area contributed by atoms with Crippen LogP contribution >= 0.6 is 0 Å². The molecule has 16 aromatic carbocycles. The number of ether oxygens (including phenoxy) is 2. The molecule has 4 aliphatic rings. The topological polar surface area (TPSA) is 24.9 Å². The van der Waals surface area contributed by atoms with Crippen LogP contribution in [0.4, 0.5) is 42.9 Å². The Balaban J connectivity index is 0.682. The maximum atomic E-state index is 16.3. The molecule has 0 saturated heterocycles. The molecule has 0 bridgehead atoms. The molecule has 2 atom stereocenters. The van der Waals surface area contributed by atoms with Gasteiger partial charge in [-0.25, -0.2) is 8.78 Å². The molecule has 0 amide bonds. The zero-order valence-electron chi connectivity index (χ0n) is 58.6. The van der Waals surface area contributed by atoms with Gasteiger partial charge in [-0.1, -0.05) is 206 Å². The van der Waals surface area contributed by atoms with E-state index in [0.29, 0.717) is 22.5 Å². The molecular weight excluding hydrogens is 1300 g/mol. The van der Waals surface area contributed by atoms with Gasteiger partial charge in [0.15, 0.2) is 0 Å². The van der Waals surface area contributed by atoms with E-state index in [2.05, 4.69) is 313 Å². The van der Waals surface area contributed by atoms with Crippen LogP contribution in [0.2, 0.25) is 0 Å². The number of benzene rings is 16. The largest absolute Gasteiger partial charge is 0.457 e. The van der Waals surface area contributed by atoms with Crippen LogP contribution in [0.15, 0.2) is 340 Å². The first-order chi connectivity index (χ1) is 52.1. The van der Waals surface area contributed by atoms with E-state index in [1.54, 1.807) is 12.1 Å². The maximum absolute atomic E-state index is 16.3. The minimum Gasteiger partial charge on any atom is -0.457 e. The van der Waals surface area contributed by atoms with Crippen molar-refractivity contribution < 1.29 is 18.3 Å². The van der Waals surface area contributed by atoms with Gasteiger partial charge in [-0.3, -0.25) is 0 Å². The van der Waals surface area contributed by atoms with Crippen molar-refractivity contribution in [3.8, 4) is 56.4 Å². The van der Waals surface area contributed by atoms with Crippen molar-refractivity contribution in [3.05, 3.63) is 429 Å². The van der Waals surface area contributed by atoms with Crippen LogP contribution in [-0.4, -0.2) is 0 Å². The predicted molar refractivity (Wildman–Crippen MR) is 428 cm³/mol. The Hall–Kier alpha value is -12.9. The second kappa shape index (κ2) is 24.9. The number of aryl methyl sites for hydroxylation is 6. The summed E-state index contributed by atoms with van der Waals surface area (Å²) in [6.45, 7) is 3.62. The normalized spacial score (nSPS) is 15.5. The summed E-state index contributed by atoms with van der Waals surface area (Å²) < 4.78 is 45.7. The van der Waals surface area contributed by atoms with Crippen LogP contribution in [0.25, 0.3) is 54.9 Å². The molecular formula is C100H70F2N2O2. The SMILES string of the molecule is Cc1ccc(N(c2ccc(-c3ccc(N(c4ccc(C)c(F)c4)c4ccc5c(c4)C(c4ccc(Oc6ccc7c(c6)CC7)cc4)(c4ccc6ccccc6c4)c4ccccc4-5)cc3)cc2)c2ccc3c(c2)C(c2ccc(Oc4ccc5c(c4)CC5)cc2)(c2ccc4ccccc4c2)c2ccccc2-3)cc1F. The molecule has 0 spiro atoms. The molecule has 106 heavy (non-hydrogen) atoms. The van der Waals surface area contributed by atoms with Crippen molar-refractivity contribution in [1.82, 2.24) is 0 Å². The number of rotatable bonds is 15. The highest BCUT2D eigenvalue weighted by Crippen LogP contribution is 2.60. The third-order valence-electron chi connectivity index (χ3n) is 23.1. The zero-order chi connectivity index (χ0) is 70.8. The molecule has 4 aliphatic carbocycles. The molecule has 506 valence electrons. The van der Waals surface area contributed by atoms with E-state index in [1.165, 1.54) is 44.2 Å². The lowest BCUT2D eigenvalue weighted by molar-refractivity contribution is 0.480. The van der Waals surface area contributed by atoms with Crippen LogP contribution in [0.5, 0.6) is 23.0 Å². The van der Waals surface area contributed by atoms with Gasteiger partial charge < -0.3 is 19.3 Å². The minimum atomic E-state index is -0.773. The Labute approximate surface area is 616 Å². The second-order valence-electron chi connectivity index (χ2n) is 28.9. The van der Waals surface area contributed by atoms with Gasteiger partial charge in [-0.05, 0) is 306 Å². The van der Waals surface area contributed by atoms with Crippen molar-refractivity contribution in [2.24, 2.45) is 0 Å². The van der Waals surface area contributed by atoms with Crippen LogP contribution < -0.4 is 19.3 Å². The van der Waals surface area contributed by atoms with E-state index in [1.807, 2.05) is 38.1 Å². The molecule has 0 aliphatic heterocycles. The maximum Gasteiger partial charge on any atom is 0.128 e. The molecule has 6 heteroatoms. The predicted octanol–water partition coefficient (Wildman–Crippen LogP) is 26.0. The third kappa shape index (κ3) is 10.2. The summed E-state index contributed by atoms with van der Waals surface area (Å²) in [5.74, 6) is 2.66. The Morgan fingerprint density at radius 1 is 0.255 bits per heavy atom. The van der Waals surface area contributed by atoms with Gasteiger partial charge in [0.2, 0.25) is 0 Å². The van der Waals surface area contributed by atoms with Crippen LogP contribution in [-0.2, 0) is 36.5 Å². The zero-order valence-corrected chi connectivity index (χ0v) is 58.6. The quantitative estimate of drug-likeness (QED) is 0.102. The summed E-state index contributed by atoms with van der Waals surface area (Å²) in [4.78, 5) is 4.35. The highest BCUT2D eigenvalue weighted by atomic mass is 19.1. The summed E-state index contributed by atoms with van der Waals surface area (Å²) in [5, 5.41) is 4.63. The Bertz CT molecular complexity index is 5840. The van der Waals surface area contributed by atoms with E-state index in [4.69, 9.17) is 9.47 Å². The van der Waals surface area contributed by atoms with Crippen molar-refractivity contribution in [1.29, 1.82) is 0 Å². The van der Waals surface area contributed by atoms with Crippen LogP contribution in [0.3, 0.4) is 0 Å². The number of nitrogens with zero attached hydrogens (tertiary/aromatic N) is 2. The monoisotopic (exact) mass is 1370 g/mol. The first-order valence-electron chi connectivity index (χ1n) is 36.7. The Morgan fingerprint density at radius 2 is 0.594 bits per heavy atom. The van der Waals surface area contributed by atoms with Gasteiger partial charge in [-0.2, -0.15) is 0 Å². The molecule has 16 aromatic rings. The fourth-order valence-corrected chi connectivity index (χ4v) is 17.5. The summed E-state index contributed by atoms with van der Waals surface area (Å²) in [6.07, 6.45) is 4.39. The van der Waals surface area contributed by atoms with E-state index in [-0.39, 0.29) is 11.6 Å². The molecule has 0 aromatic heterocycles. The van der Waals surface area contributed by atoms with E-state index in [0.717, 1.165) is 149 Å². The van der Waals surface area contributed by atoms with Gasteiger partial charge in [0.1, 0.15) is 34.6 Å². The van der Waals surface area contributed by atoms with Gasteiger partial charge >= 0.3 is 0 Å². The highest BCUT2D eigenvalue weighted by molar-refractivity contribution is 5.95. The molecule has 2 unspecified atom stereocenters. The van der Waals surface area contributed by atoms with Crippen molar-refractivity contribution in [2.45, 2.75) is 50.4 Å². The highest BCUT2D eigenvalue weighted by Gasteiger charge is 2.48. The molecule has 0 heterocycles. The first kappa shape index (κ1) is 62.8. The average Bonchev–Trinajstić information content (AvgIpc) is 1.53. The summed E-state index contributed by atoms with van der Waals surface area (Å²) in [6, 6.07) is 121. The molecule has 4 nitrogen and oxygen atoms in total. The lowest BCUT2D eigenvalue weighted by Gasteiger charge is -2.35. The standard InChI is InChI=1S/C100H70F2N2O2/c1-63-19-39-83(61-97(63)101)103(81-45-53-91-89-15-7-9-17-93(89)99(95(91)59-81,77-33-25-65-11-3-5-13-71(65)55-77)75-35-49-85(50-36-75)105-87-47-31-69-21-23-73(69)57-87)79-41-27-67(28-42-79)68-29-43-80(44-30-68)104(84-40-20-64(2)98(102)62-84)82-46-54-92-90-16-8-10-18-94(90)100(96(92)60-82,78-34-26-66-12-4-6-14-72(66)56-78)76-37-51-86(52-38-76)106-88-48-32-70-22-24-74(70)58-88/h3-20,25-62H,21-24H2,1-2H3. The van der Waals surface area contributed by atoms with E-state index in [9.17, 15) is 0 Å². The fourth-order valence-electron chi connectivity index (χ4n) is 17.5.